The van der Waals surface area contributed by atoms with E-state index < -0.39 is 74.6 Å². The first-order valence-electron chi connectivity index (χ1n) is 7.24. The van der Waals surface area contributed by atoms with Crippen LogP contribution in [0.3, 0.4) is 0 Å². The van der Waals surface area contributed by atoms with Crippen LogP contribution < -0.4 is 0 Å². The number of aliphatic hydroxyl groups is 7. The summed E-state index contributed by atoms with van der Waals surface area (Å²) in [7, 11) is 0. The van der Waals surface area contributed by atoms with Gasteiger partial charge in [-0.1, -0.05) is 0 Å². The molecule has 0 aliphatic carbocycles. The van der Waals surface area contributed by atoms with Crippen molar-refractivity contribution in [2.24, 2.45) is 0 Å². The van der Waals surface area contributed by atoms with Crippen molar-refractivity contribution in [2.45, 2.75) is 61.4 Å². The van der Waals surface area contributed by atoms with Crippen LogP contribution in [0.25, 0.3) is 0 Å². The summed E-state index contributed by atoms with van der Waals surface area (Å²) < 4.78 is 15.2. The maximum absolute atomic E-state index is 10.1. The number of hydrogen-bond acceptors (Lipinski definition) is 12. The molecule has 0 bridgehead atoms. The Morgan fingerprint density at radius 2 is 1.29 bits per heavy atom. The molecule has 2 fully saturated rings. The van der Waals surface area contributed by atoms with Crippen molar-refractivity contribution in [1.29, 1.82) is 0 Å². The highest BCUT2D eigenvalue weighted by Crippen LogP contribution is 2.29. The van der Waals surface area contributed by atoms with E-state index in [1.54, 1.807) is 0 Å². The van der Waals surface area contributed by atoms with E-state index in [4.69, 9.17) is 29.7 Å². The molecule has 12 heteroatoms. The minimum Gasteiger partial charge on any atom is -0.394 e. The fourth-order valence-electron chi connectivity index (χ4n) is 2.66. The van der Waals surface area contributed by atoms with E-state index in [-0.39, 0.29) is 0 Å². The molecule has 2 rings (SSSR count). The van der Waals surface area contributed by atoms with Gasteiger partial charge < -0.3 is 50.0 Å². The molecule has 2 aliphatic rings. The summed E-state index contributed by atoms with van der Waals surface area (Å²) in [6.45, 7) is -1.38. The third-order valence-electron chi connectivity index (χ3n) is 4.08. The molecule has 0 aromatic heterocycles. The van der Waals surface area contributed by atoms with Crippen LogP contribution in [0.5, 0.6) is 0 Å². The van der Waals surface area contributed by atoms with Gasteiger partial charge in [0.25, 0.3) is 0 Å². The van der Waals surface area contributed by atoms with Crippen LogP contribution in [0.4, 0.5) is 0 Å². The van der Waals surface area contributed by atoms with E-state index in [1.807, 2.05) is 0 Å². The van der Waals surface area contributed by atoms with Crippen LogP contribution in [0.15, 0.2) is 0 Å². The molecule has 142 valence electrons. The predicted octanol–water partition coefficient (Wildman–Crippen LogP) is -4.90. The van der Waals surface area contributed by atoms with Crippen molar-refractivity contribution in [3.05, 3.63) is 0 Å². The van der Waals surface area contributed by atoms with Crippen LogP contribution in [0, 0.1) is 0 Å². The van der Waals surface area contributed by atoms with E-state index in [1.165, 1.54) is 0 Å². The van der Waals surface area contributed by atoms with Gasteiger partial charge in [-0.15, -0.1) is 0 Å². The van der Waals surface area contributed by atoms with Crippen molar-refractivity contribution >= 4 is 0 Å². The maximum atomic E-state index is 10.1. The monoisotopic (exact) mass is 358 g/mol. The average molecular weight is 358 g/mol. The largest absolute Gasteiger partial charge is 0.394 e. The Morgan fingerprint density at radius 3 is 1.83 bits per heavy atom. The molecule has 12 nitrogen and oxygen atoms in total. The number of rotatable bonds is 5. The molecule has 0 radical (unpaired) electrons. The number of aliphatic hydroxyl groups excluding tert-OH is 7. The number of hydrogen-bond donors (Lipinski definition) is 8. The Morgan fingerprint density at radius 1 is 0.708 bits per heavy atom. The Kier molecular flexibility index (Phi) is 6.83. The quantitative estimate of drug-likeness (QED) is 0.172. The highest BCUT2D eigenvalue weighted by atomic mass is 17.1. The van der Waals surface area contributed by atoms with Gasteiger partial charge in [0.05, 0.1) is 13.2 Å². The van der Waals surface area contributed by atoms with Crippen LogP contribution in [0.1, 0.15) is 0 Å². The van der Waals surface area contributed by atoms with Gasteiger partial charge in [0, 0.05) is 0 Å². The first-order valence-corrected chi connectivity index (χ1v) is 7.24. The molecule has 0 aromatic carbocycles. The molecule has 0 unspecified atom stereocenters. The third kappa shape index (κ3) is 3.70. The topological polar surface area (TPSA) is 199 Å². The summed E-state index contributed by atoms with van der Waals surface area (Å²) in [5.41, 5.74) is 0. The molecule has 0 amide bonds. The van der Waals surface area contributed by atoms with Gasteiger partial charge in [-0.05, 0) is 0 Å². The lowest BCUT2D eigenvalue weighted by Crippen LogP contribution is -2.64. The molecule has 24 heavy (non-hydrogen) atoms. The maximum Gasteiger partial charge on any atom is 0.187 e. The van der Waals surface area contributed by atoms with Gasteiger partial charge >= 0.3 is 0 Å². The minimum absolute atomic E-state index is 0.690. The van der Waals surface area contributed by atoms with Gasteiger partial charge in [0.15, 0.2) is 18.7 Å². The van der Waals surface area contributed by atoms with Crippen LogP contribution in [-0.2, 0) is 19.1 Å². The van der Waals surface area contributed by atoms with Crippen molar-refractivity contribution < 1.29 is 60.1 Å². The SMILES string of the molecule is OC[C@H]1O[C@@H](O[C@H]2[C@H](O)[C@@H](CO)O[C@H](O)[C@@H]2OO)[C@H](O)[C@@H](O)[C@H]1O. The smallest absolute Gasteiger partial charge is 0.187 e. The fourth-order valence-corrected chi connectivity index (χ4v) is 2.66. The number of ether oxygens (including phenoxy) is 3. The first kappa shape index (κ1) is 19.8. The van der Waals surface area contributed by atoms with Gasteiger partial charge in [-0.2, -0.15) is 0 Å². The summed E-state index contributed by atoms with van der Waals surface area (Å²) in [4.78, 5) is 4.02. The van der Waals surface area contributed by atoms with E-state index in [2.05, 4.69) is 4.89 Å². The Hall–Kier alpha value is -0.480. The zero-order chi connectivity index (χ0) is 18.0. The summed E-state index contributed by atoms with van der Waals surface area (Å²) in [6.07, 6.45) is -15.8. The Balaban J connectivity index is 2.16. The predicted molar refractivity (Wildman–Crippen MR) is 70.1 cm³/mol. The summed E-state index contributed by atoms with van der Waals surface area (Å²) in [5.74, 6) is 0. The lowest BCUT2D eigenvalue weighted by atomic mass is 9.97. The first-order chi connectivity index (χ1) is 11.3. The van der Waals surface area contributed by atoms with Crippen LogP contribution >= 0.6 is 0 Å². The van der Waals surface area contributed by atoms with Crippen molar-refractivity contribution in [3.8, 4) is 0 Å². The van der Waals surface area contributed by atoms with Crippen LogP contribution in [-0.4, -0.2) is 116 Å². The van der Waals surface area contributed by atoms with Gasteiger partial charge in [0.1, 0.15) is 42.7 Å². The Bertz CT molecular complexity index is 394. The molecule has 0 saturated carbocycles. The van der Waals surface area contributed by atoms with Crippen LogP contribution in [0.2, 0.25) is 0 Å². The fraction of sp³-hybridized carbons (Fsp3) is 1.00. The molecular formula is C12H22O12. The summed E-state index contributed by atoms with van der Waals surface area (Å²) in [5, 5.41) is 76.2. The van der Waals surface area contributed by atoms with Gasteiger partial charge in [-0.25, -0.2) is 4.89 Å². The minimum atomic E-state index is -1.77. The molecule has 10 atom stereocenters. The Labute approximate surface area is 135 Å². The van der Waals surface area contributed by atoms with E-state index in [0.717, 1.165) is 0 Å². The molecule has 2 saturated heterocycles. The molecule has 0 aromatic rings. The standard InChI is InChI=1S/C12H22O12/c13-1-3-5(15)7(17)8(18)12(22-3)23-9-6(16)4(2-14)21-11(19)10(9)24-20/h3-20H,1-2H2/t3-,4-,5+,6-,7+,8-,9+,10-,11+,12+/m1/s1. The summed E-state index contributed by atoms with van der Waals surface area (Å²) >= 11 is 0. The van der Waals surface area contributed by atoms with E-state index >= 15 is 0 Å². The van der Waals surface area contributed by atoms with Crippen molar-refractivity contribution in [3.63, 3.8) is 0 Å². The molecule has 8 N–H and O–H groups in total. The van der Waals surface area contributed by atoms with Crippen molar-refractivity contribution in [2.75, 3.05) is 13.2 Å². The van der Waals surface area contributed by atoms with Gasteiger partial charge in [-0.3, -0.25) is 5.26 Å². The highest BCUT2D eigenvalue weighted by Gasteiger charge is 2.51. The zero-order valence-electron chi connectivity index (χ0n) is 12.4. The zero-order valence-corrected chi connectivity index (χ0v) is 12.4. The molecular weight excluding hydrogens is 336 g/mol. The second-order valence-corrected chi connectivity index (χ2v) is 5.61. The summed E-state index contributed by atoms with van der Waals surface area (Å²) in [6, 6.07) is 0. The average Bonchev–Trinajstić information content (AvgIpc) is 2.58. The normalized spacial score (nSPS) is 50.0. The molecule has 0 spiro atoms. The lowest BCUT2D eigenvalue weighted by molar-refractivity contribution is -0.406. The molecule has 2 aliphatic heterocycles. The lowest BCUT2D eigenvalue weighted by Gasteiger charge is -2.45. The second-order valence-electron chi connectivity index (χ2n) is 5.61. The van der Waals surface area contributed by atoms with E-state index in [9.17, 15) is 25.5 Å². The van der Waals surface area contributed by atoms with Gasteiger partial charge in [0.2, 0.25) is 0 Å². The van der Waals surface area contributed by atoms with E-state index in [0.29, 0.717) is 0 Å². The third-order valence-corrected chi connectivity index (χ3v) is 4.08. The van der Waals surface area contributed by atoms with Crippen molar-refractivity contribution in [1.82, 2.24) is 0 Å². The highest BCUT2D eigenvalue weighted by molar-refractivity contribution is 4.94. The second kappa shape index (κ2) is 8.27. The molecule has 2 heterocycles.